The van der Waals surface area contributed by atoms with Crippen LogP contribution in [0.5, 0.6) is 0 Å². The zero-order chi connectivity index (χ0) is 24.4. The van der Waals surface area contributed by atoms with Crippen molar-refractivity contribution in [1.29, 1.82) is 0 Å². The molecular formula is C26H35N5O4. The van der Waals surface area contributed by atoms with Gasteiger partial charge in [-0.15, -0.1) is 0 Å². The van der Waals surface area contributed by atoms with Crippen LogP contribution in [0.25, 0.3) is 0 Å². The van der Waals surface area contributed by atoms with Gasteiger partial charge in [-0.05, 0) is 75.4 Å². The van der Waals surface area contributed by atoms with Gasteiger partial charge < -0.3 is 10.2 Å². The molecule has 0 radical (unpaired) electrons. The predicted octanol–water partition coefficient (Wildman–Crippen LogP) is 0.985. The van der Waals surface area contributed by atoms with Crippen molar-refractivity contribution in [2.45, 2.75) is 51.1 Å². The number of hydrogen-bond acceptors (Lipinski definition) is 7. The lowest BCUT2D eigenvalue weighted by Gasteiger charge is -2.35. The van der Waals surface area contributed by atoms with E-state index >= 15 is 0 Å². The second-order valence-corrected chi connectivity index (χ2v) is 10.3. The lowest BCUT2D eigenvalue weighted by atomic mass is 9.94. The largest absolute Gasteiger partial charge is 0.316 e. The van der Waals surface area contributed by atoms with Crippen molar-refractivity contribution in [3.63, 3.8) is 0 Å². The van der Waals surface area contributed by atoms with Crippen LogP contribution < -0.4 is 10.6 Å². The Hall–Kier alpha value is -2.62. The molecule has 0 bridgehead atoms. The maximum atomic E-state index is 13.1. The molecular weight excluding hydrogens is 446 g/mol. The van der Waals surface area contributed by atoms with Crippen molar-refractivity contribution in [1.82, 2.24) is 25.3 Å². The summed E-state index contributed by atoms with van der Waals surface area (Å²) in [5, 5.41) is 5.74. The highest BCUT2D eigenvalue weighted by Gasteiger charge is 2.44. The number of fused-ring (bicyclic) bond motifs is 1. The van der Waals surface area contributed by atoms with Gasteiger partial charge in [0.15, 0.2) is 0 Å². The second-order valence-electron chi connectivity index (χ2n) is 10.3. The molecule has 3 saturated heterocycles. The number of imide groups is 2. The Balaban J connectivity index is 1.12. The Labute approximate surface area is 206 Å². The van der Waals surface area contributed by atoms with Gasteiger partial charge in [-0.3, -0.25) is 34.3 Å². The van der Waals surface area contributed by atoms with Crippen molar-refractivity contribution in [2.24, 2.45) is 5.92 Å². The predicted molar refractivity (Wildman–Crippen MR) is 130 cm³/mol. The first-order valence-electron chi connectivity index (χ1n) is 13.0. The van der Waals surface area contributed by atoms with E-state index in [9.17, 15) is 19.2 Å². The molecule has 0 spiro atoms. The third-order valence-electron chi connectivity index (χ3n) is 7.86. The number of nitrogens with one attached hydrogen (secondary N) is 2. The van der Waals surface area contributed by atoms with Crippen molar-refractivity contribution in [3.8, 4) is 0 Å². The molecule has 2 unspecified atom stereocenters. The molecule has 9 heteroatoms. The minimum Gasteiger partial charge on any atom is -0.316 e. The molecule has 4 amide bonds. The number of carbonyl (C=O) groups excluding carboxylic acids is 4. The Bertz CT molecular complexity index is 997. The van der Waals surface area contributed by atoms with Gasteiger partial charge in [-0.1, -0.05) is 6.07 Å². The molecule has 3 fully saturated rings. The minimum atomic E-state index is -0.925. The number of amides is 4. The monoisotopic (exact) mass is 481 g/mol. The maximum Gasteiger partial charge on any atom is 0.262 e. The van der Waals surface area contributed by atoms with Gasteiger partial charge in [-0.2, -0.15) is 0 Å². The van der Waals surface area contributed by atoms with E-state index in [-0.39, 0.29) is 18.7 Å². The van der Waals surface area contributed by atoms with E-state index in [1.165, 1.54) is 38.8 Å². The number of piperazine rings is 1. The van der Waals surface area contributed by atoms with Gasteiger partial charge in [0.1, 0.15) is 6.04 Å². The fourth-order valence-corrected chi connectivity index (χ4v) is 5.82. The molecule has 1 aromatic rings. The van der Waals surface area contributed by atoms with E-state index in [0.29, 0.717) is 11.1 Å². The smallest absolute Gasteiger partial charge is 0.262 e. The number of rotatable bonds is 7. The van der Waals surface area contributed by atoms with Crippen molar-refractivity contribution >= 4 is 23.6 Å². The standard InChI is InChI=1S/C26H35N5O4/c32-23-8-7-22(24(33)28-23)31-25(34)20-6-5-19(15-21(20)26(31)35)17-30-13-11-29(12-14-30)10-2-4-18-3-1-9-27-16-18/h5-6,15,18,22,27H,1-4,7-14,16-17H2,(H,28,32,33). The van der Waals surface area contributed by atoms with E-state index in [0.717, 1.165) is 55.6 Å². The van der Waals surface area contributed by atoms with Crippen LogP contribution in [0.3, 0.4) is 0 Å². The Morgan fingerprint density at radius 2 is 1.69 bits per heavy atom. The molecule has 188 valence electrons. The second kappa shape index (κ2) is 10.6. The van der Waals surface area contributed by atoms with Gasteiger partial charge in [0.05, 0.1) is 11.1 Å². The molecule has 4 heterocycles. The summed E-state index contributed by atoms with van der Waals surface area (Å²) in [5.41, 5.74) is 1.68. The minimum absolute atomic E-state index is 0.124. The lowest BCUT2D eigenvalue weighted by Crippen LogP contribution is -2.54. The Morgan fingerprint density at radius 1 is 0.914 bits per heavy atom. The third kappa shape index (κ3) is 5.32. The van der Waals surface area contributed by atoms with Gasteiger partial charge >= 0.3 is 0 Å². The van der Waals surface area contributed by atoms with Crippen LogP contribution >= 0.6 is 0 Å². The van der Waals surface area contributed by atoms with Crippen LogP contribution in [0.1, 0.15) is 64.8 Å². The quantitative estimate of drug-likeness (QED) is 0.560. The van der Waals surface area contributed by atoms with Crippen LogP contribution in [-0.2, 0) is 16.1 Å². The molecule has 2 atom stereocenters. The highest BCUT2D eigenvalue weighted by atomic mass is 16.2. The van der Waals surface area contributed by atoms with Gasteiger partial charge in [0.25, 0.3) is 11.8 Å². The van der Waals surface area contributed by atoms with Crippen LogP contribution in [-0.4, -0.2) is 90.2 Å². The summed E-state index contributed by atoms with van der Waals surface area (Å²) < 4.78 is 0. The summed E-state index contributed by atoms with van der Waals surface area (Å²) in [6.07, 6.45) is 5.53. The summed E-state index contributed by atoms with van der Waals surface area (Å²) >= 11 is 0. The lowest BCUT2D eigenvalue weighted by molar-refractivity contribution is -0.136. The van der Waals surface area contributed by atoms with Crippen LogP contribution in [0, 0.1) is 5.92 Å². The van der Waals surface area contributed by atoms with Gasteiger partial charge in [0, 0.05) is 39.1 Å². The first-order chi connectivity index (χ1) is 17.0. The number of piperidine rings is 2. The fourth-order valence-electron chi connectivity index (χ4n) is 5.82. The van der Waals surface area contributed by atoms with Crippen molar-refractivity contribution in [2.75, 3.05) is 45.8 Å². The first-order valence-corrected chi connectivity index (χ1v) is 13.0. The van der Waals surface area contributed by atoms with Crippen LogP contribution in [0.2, 0.25) is 0 Å². The van der Waals surface area contributed by atoms with Crippen molar-refractivity contribution in [3.05, 3.63) is 34.9 Å². The van der Waals surface area contributed by atoms with E-state index < -0.39 is 23.8 Å². The number of carbonyl (C=O) groups is 4. The zero-order valence-electron chi connectivity index (χ0n) is 20.3. The molecule has 2 N–H and O–H groups in total. The summed E-state index contributed by atoms with van der Waals surface area (Å²) in [5.74, 6) is -1.01. The summed E-state index contributed by atoms with van der Waals surface area (Å²) in [6.45, 7) is 8.31. The molecule has 5 rings (SSSR count). The maximum absolute atomic E-state index is 13.1. The van der Waals surface area contributed by atoms with Gasteiger partial charge in [0.2, 0.25) is 11.8 Å². The highest BCUT2D eigenvalue weighted by molar-refractivity contribution is 6.23. The number of nitrogens with zero attached hydrogens (tertiary/aromatic N) is 3. The SMILES string of the molecule is O=C1CCC(N2C(=O)c3ccc(CN4CCN(CCCC5CCCNC5)CC4)cc3C2=O)C(=O)N1. The van der Waals surface area contributed by atoms with E-state index in [2.05, 4.69) is 20.4 Å². The summed E-state index contributed by atoms with van der Waals surface area (Å²) in [4.78, 5) is 55.6. The Morgan fingerprint density at radius 3 is 2.43 bits per heavy atom. The van der Waals surface area contributed by atoms with Crippen molar-refractivity contribution < 1.29 is 19.2 Å². The molecule has 1 aromatic carbocycles. The van der Waals surface area contributed by atoms with Crippen LogP contribution in [0.4, 0.5) is 0 Å². The molecule has 9 nitrogen and oxygen atoms in total. The normalized spacial score (nSPS) is 26.2. The molecule has 0 aromatic heterocycles. The van der Waals surface area contributed by atoms with E-state index in [4.69, 9.17) is 0 Å². The Kier molecular flexibility index (Phi) is 7.27. The zero-order valence-corrected chi connectivity index (χ0v) is 20.3. The highest BCUT2D eigenvalue weighted by Crippen LogP contribution is 2.28. The third-order valence-corrected chi connectivity index (χ3v) is 7.86. The number of benzene rings is 1. The molecule has 4 aliphatic rings. The summed E-state index contributed by atoms with van der Waals surface area (Å²) in [6, 6.07) is 4.48. The van der Waals surface area contributed by atoms with Gasteiger partial charge in [-0.25, -0.2) is 0 Å². The molecule has 0 aliphatic carbocycles. The fraction of sp³-hybridized carbons (Fsp3) is 0.615. The number of hydrogen-bond donors (Lipinski definition) is 2. The summed E-state index contributed by atoms with van der Waals surface area (Å²) in [7, 11) is 0. The van der Waals surface area contributed by atoms with E-state index in [1.54, 1.807) is 12.1 Å². The first kappa shape index (κ1) is 24.1. The topological polar surface area (TPSA) is 102 Å². The average molecular weight is 482 g/mol. The average Bonchev–Trinajstić information content (AvgIpc) is 3.10. The van der Waals surface area contributed by atoms with Crippen LogP contribution in [0.15, 0.2) is 18.2 Å². The molecule has 4 aliphatic heterocycles. The molecule has 35 heavy (non-hydrogen) atoms. The van der Waals surface area contributed by atoms with E-state index in [1.807, 2.05) is 6.07 Å². The molecule has 0 saturated carbocycles.